The van der Waals surface area contributed by atoms with E-state index in [9.17, 15) is 4.79 Å². The van der Waals surface area contributed by atoms with Crippen molar-refractivity contribution in [1.82, 2.24) is 5.32 Å². The fourth-order valence-corrected chi connectivity index (χ4v) is 2.77. The van der Waals surface area contributed by atoms with Gasteiger partial charge in [0.1, 0.15) is 6.10 Å². The highest BCUT2D eigenvalue weighted by molar-refractivity contribution is 5.81. The first-order valence-electron chi connectivity index (χ1n) is 7.81. The average Bonchev–Trinajstić information content (AvgIpc) is 3.10. The molecule has 2 aromatic rings. The smallest absolute Gasteiger partial charge is 0.249 e. The number of carbonyl (C=O) groups is 1. The molecule has 0 radical (unpaired) electrons. The van der Waals surface area contributed by atoms with Crippen LogP contribution >= 0.6 is 0 Å². The molecule has 2 atom stereocenters. The standard InChI is InChI=1S/C19H21NO2/c1-14(20-19(21)18-8-5-13-22-18)15-9-11-17(12-10-15)16-6-3-2-4-7-16/h2-4,6-7,9-12,14,18H,5,8,13H2,1H3,(H,20,21). The maximum absolute atomic E-state index is 12.1. The first kappa shape index (κ1) is 14.8. The van der Waals surface area contributed by atoms with E-state index in [1.807, 2.05) is 25.1 Å². The zero-order valence-electron chi connectivity index (χ0n) is 12.8. The zero-order chi connectivity index (χ0) is 15.4. The number of carbonyl (C=O) groups excluding carboxylic acids is 1. The number of amides is 1. The summed E-state index contributed by atoms with van der Waals surface area (Å²) < 4.78 is 5.42. The summed E-state index contributed by atoms with van der Waals surface area (Å²) in [5.74, 6) is -0.00265. The van der Waals surface area contributed by atoms with Gasteiger partial charge in [-0.1, -0.05) is 54.6 Å². The number of nitrogens with one attached hydrogen (secondary N) is 1. The van der Waals surface area contributed by atoms with Crippen LogP contribution in [0, 0.1) is 0 Å². The van der Waals surface area contributed by atoms with Crippen molar-refractivity contribution in [2.24, 2.45) is 0 Å². The Balaban J connectivity index is 1.66. The van der Waals surface area contributed by atoms with Crippen LogP contribution in [0.4, 0.5) is 0 Å². The van der Waals surface area contributed by atoms with E-state index < -0.39 is 0 Å². The van der Waals surface area contributed by atoms with Crippen molar-refractivity contribution in [2.45, 2.75) is 31.9 Å². The van der Waals surface area contributed by atoms with Crippen LogP contribution in [0.25, 0.3) is 11.1 Å². The van der Waals surface area contributed by atoms with E-state index in [-0.39, 0.29) is 18.1 Å². The van der Waals surface area contributed by atoms with E-state index in [1.54, 1.807) is 0 Å². The van der Waals surface area contributed by atoms with Crippen LogP contribution in [0.2, 0.25) is 0 Å². The predicted molar refractivity (Wildman–Crippen MR) is 87.4 cm³/mol. The lowest BCUT2D eigenvalue weighted by Gasteiger charge is -2.17. The Morgan fingerprint density at radius 3 is 2.41 bits per heavy atom. The van der Waals surface area contributed by atoms with E-state index in [0.717, 1.165) is 18.4 Å². The molecule has 1 aliphatic heterocycles. The maximum Gasteiger partial charge on any atom is 0.249 e. The molecule has 3 rings (SSSR count). The molecule has 0 aromatic heterocycles. The van der Waals surface area contributed by atoms with Gasteiger partial charge in [0, 0.05) is 6.61 Å². The van der Waals surface area contributed by atoms with Gasteiger partial charge >= 0.3 is 0 Å². The summed E-state index contributed by atoms with van der Waals surface area (Å²) in [6.45, 7) is 2.70. The Bertz CT molecular complexity index is 616. The summed E-state index contributed by atoms with van der Waals surface area (Å²) in [5.41, 5.74) is 3.48. The summed E-state index contributed by atoms with van der Waals surface area (Å²) in [6.07, 6.45) is 1.52. The molecule has 3 heteroatoms. The Morgan fingerprint density at radius 1 is 1.09 bits per heavy atom. The lowest BCUT2D eigenvalue weighted by atomic mass is 10.0. The van der Waals surface area contributed by atoms with E-state index in [4.69, 9.17) is 4.74 Å². The number of ether oxygens (including phenoxy) is 1. The van der Waals surface area contributed by atoms with Crippen LogP contribution in [-0.2, 0) is 9.53 Å². The Labute approximate surface area is 131 Å². The fourth-order valence-electron chi connectivity index (χ4n) is 2.77. The van der Waals surface area contributed by atoms with E-state index in [1.165, 1.54) is 11.1 Å². The van der Waals surface area contributed by atoms with Gasteiger partial charge in [0.15, 0.2) is 0 Å². The molecule has 3 nitrogen and oxygen atoms in total. The summed E-state index contributed by atoms with van der Waals surface area (Å²) >= 11 is 0. The first-order chi connectivity index (χ1) is 10.7. The second-order valence-electron chi connectivity index (χ2n) is 5.72. The van der Waals surface area contributed by atoms with Crippen molar-refractivity contribution in [2.75, 3.05) is 6.61 Å². The fraction of sp³-hybridized carbons (Fsp3) is 0.316. The van der Waals surface area contributed by atoms with Crippen LogP contribution < -0.4 is 5.32 Å². The third-order valence-corrected chi connectivity index (χ3v) is 4.10. The number of hydrogen-bond donors (Lipinski definition) is 1. The summed E-state index contributed by atoms with van der Waals surface area (Å²) in [6, 6.07) is 18.6. The van der Waals surface area contributed by atoms with Gasteiger partial charge in [-0.15, -0.1) is 0 Å². The normalized spacial score (nSPS) is 18.9. The Morgan fingerprint density at radius 2 is 1.77 bits per heavy atom. The van der Waals surface area contributed by atoms with Crippen molar-refractivity contribution in [3.8, 4) is 11.1 Å². The Hall–Kier alpha value is -2.13. The average molecular weight is 295 g/mol. The summed E-state index contributed by atoms with van der Waals surface area (Å²) in [7, 11) is 0. The highest BCUT2D eigenvalue weighted by atomic mass is 16.5. The monoisotopic (exact) mass is 295 g/mol. The second-order valence-corrected chi connectivity index (χ2v) is 5.72. The molecule has 1 aliphatic rings. The molecule has 114 valence electrons. The first-order valence-corrected chi connectivity index (χ1v) is 7.81. The van der Waals surface area contributed by atoms with Gasteiger partial charge in [-0.3, -0.25) is 4.79 Å². The van der Waals surface area contributed by atoms with Crippen LogP contribution in [-0.4, -0.2) is 18.6 Å². The topological polar surface area (TPSA) is 38.3 Å². The summed E-state index contributed by atoms with van der Waals surface area (Å²) in [4.78, 5) is 12.1. The van der Waals surface area contributed by atoms with Crippen molar-refractivity contribution < 1.29 is 9.53 Å². The van der Waals surface area contributed by atoms with E-state index in [2.05, 4.69) is 41.7 Å². The third kappa shape index (κ3) is 3.37. The molecule has 1 amide bonds. The van der Waals surface area contributed by atoms with Gasteiger partial charge in [-0.25, -0.2) is 0 Å². The highest BCUT2D eigenvalue weighted by Crippen LogP contribution is 2.22. The van der Waals surface area contributed by atoms with Gasteiger partial charge < -0.3 is 10.1 Å². The molecule has 1 saturated heterocycles. The van der Waals surface area contributed by atoms with Crippen LogP contribution in [0.1, 0.15) is 31.4 Å². The van der Waals surface area contributed by atoms with Crippen LogP contribution in [0.5, 0.6) is 0 Å². The molecule has 0 saturated carbocycles. The molecule has 0 aliphatic carbocycles. The van der Waals surface area contributed by atoms with Crippen LogP contribution in [0.15, 0.2) is 54.6 Å². The quantitative estimate of drug-likeness (QED) is 0.933. The lowest BCUT2D eigenvalue weighted by Crippen LogP contribution is -2.35. The number of benzene rings is 2. The van der Waals surface area contributed by atoms with Gasteiger partial charge in [0.05, 0.1) is 6.04 Å². The molecular formula is C19H21NO2. The van der Waals surface area contributed by atoms with Gasteiger partial charge in [-0.2, -0.15) is 0 Å². The van der Waals surface area contributed by atoms with Crippen molar-refractivity contribution in [1.29, 1.82) is 0 Å². The molecule has 22 heavy (non-hydrogen) atoms. The zero-order valence-corrected chi connectivity index (χ0v) is 12.8. The third-order valence-electron chi connectivity index (χ3n) is 4.10. The minimum Gasteiger partial charge on any atom is -0.368 e. The lowest BCUT2D eigenvalue weighted by molar-refractivity contribution is -0.130. The molecule has 2 unspecified atom stereocenters. The van der Waals surface area contributed by atoms with Crippen molar-refractivity contribution in [3.05, 3.63) is 60.2 Å². The van der Waals surface area contributed by atoms with Gasteiger partial charge in [0.25, 0.3) is 0 Å². The highest BCUT2D eigenvalue weighted by Gasteiger charge is 2.24. The molecule has 2 aromatic carbocycles. The molecule has 0 spiro atoms. The minimum absolute atomic E-state index is 0.00265. The molecule has 0 bridgehead atoms. The molecular weight excluding hydrogens is 274 g/mol. The number of rotatable bonds is 4. The number of hydrogen-bond acceptors (Lipinski definition) is 2. The second kappa shape index (κ2) is 6.75. The van der Waals surface area contributed by atoms with Gasteiger partial charge in [0.2, 0.25) is 5.91 Å². The van der Waals surface area contributed by atoms with Gasteiger partial charge in [-0.05, 0) is 36.5 Å². The molecule has 1 N–H and O–H groups in total. The largest absolute Gasteiger partial charge is 0.368 e. The van der Waals surface area contributed by atoms with E-state index in [0.29, 0.717) is 6.61 Å². The molecule has 1 heterocycles. The Kier molecular flexibility index (Phi) is 4.54. The molecule has 1 fully saturated rings. The van der Waals surface area contributed by atoms with Crippen molar-refractivity contribution in [3.63, 3.8) is 0 Å². The SMILES string of the molecule is CC(NC(=O)C1CCCO1)c1ccc(-c2ccccc2)cc1. The van der Waals surface area contributed by atoms with Crippen molar-refractivity contribution >= 4 is 5.91 Å². The predicted octanol–water partition coefficient (Wildman–Crippen LogP) is 3.71. The summed E-state index contributed by atoms with van der Waals surface area (Å²) in [5, 5.41) is 3.03. The minimum atomic E-state index is -0.272. The van der Waals surface area contributed by atoms with E-state index >= 15 is 0 Å². The van der Waals surface area contributed by atoms with Crippen LogP contribution in [0.3, 0.4) is 0 Å². The maximum atomic E-state index is 12.1.